The maximum Gasteiger partial charge on any atom is 0.253 e. The number of rotatable bonds is 3. The first kappa shape index (κ1) is 15.4. The van der Waals surface area contributed by atoms with Crippen LogP contribution >= 0.6 is 15.9 Å². The van der Waals surface area contributed by atoms with Crippen molar-refractivity contribution in [1.82, 2.24) is 4.90 Å². The summed E-state index contributed by atoms with van der Waals surface area (Å²) >= 11 is 3.26. The summed E-state index contributed by atoms with van der Waals surface area (Å²) < 4.78 is 26.7. The van der Waals surface area contributed by atoms with Crippen LogP contribution in [-0.2, 0) is 6.54 Å². The smallest absolute Gasteiger partial charge is 0.253 e. The van der Waals surface area contributed by atoms with Crippen molar-refractivity contribution < 1.29 is 13.6 Å². The molecule has 0 aromatic heterocycles. The first-order chi connectivity index (χ1) is 9.88. The summed E-state index contributed by atoms with van der Waals surface area (Å²) in [5.74, 6) is -2.09. The molecule has 0 saturated carbocycles. The Morgan fingerprint density at radius 1 is 1.19 bits per heavy atom. The summed E-state index contributed by atoms with van der Waals surface area (Å²) in [5, 5.41) is 0. The third-order valence-corrected chi connectivity index (χ3v) is 3.72. The molecule has 0 radical (unpaired) electrons. The molecule has 0 aliphatic rings. The Bertz CT molecular complexity index is 691. The Morgan fingerprint density at radius 3 is 2.52 bits per heavy atom. The second kappa shape index (κ2) is 6.22. The summed E-state index contributed by atoms with van der Waals surface area (Å²) in [5.41, 5.74) is 7.14. The molecule has 110 valence electrons. The average molecular weight is 355 g/mol. The first-order valence-corrected chi connectivity index (χ1v) is 6.92. The van der Waals surface area contributed by atoms with Crippen LogP contribution < -0.4 is 5.73 Å². The fraction of sp³-hybridized carbons (Fsp3) is 0.133. The largest absolute Gasteiger partial charge is 0.398 e. The second-order valence-electron chi connectivity index (χ2n) is 4.65. The van der Waals surface area contributed by atoms with Gasteiger partial charge in [-0.05, 0) is 51.8 Å². The number of anilines is 1. The SMILES string of the molecule is CN(Cc1ccc(F)c(F)c1)C(=O)c1ccc(Br)c(N)c1. The molecule has 0 spiro atoms. The number of nitrogen functional groups attached to an aromatic ring is 1. The standard InChI is InChI=1S/C15H13BrF2N2O/c1-20(8-9-2-5-12(17)13(18)6-9)15(21)10-3-4-11(16)14(19)7-10/h2-7H,8,19H2,1H3. The van der Waals surface area contributed by atoms with E-state index in [4.69, 9.17) is 5.73 Å². The van der Waals surface area contributed by atoms with E-state index in [1.54, 1.807) is 25.2 Å². The number of halogens is 3. The highest BCUT2D eigenvalue weighted by Crippen LogP contribution is 2.21. The molecule has 0 fully saturated rings. The van der Waals surface area contributed by atoms with E-state index in [0.29, 0.717) is 21.3 Å². The maximum absolute atomic E-state index is 13.2. The van der Waals surface area contributed by atoms with Gasteiger partial charge < -0.3 is 10.6 Å². The Balaban J connectivity index is 2.15. The van der Waals surface area contributed by atoms with Crippen molar-refractivity contribution in [2.75, 3.05) is 12.8 Å². The summed E-state index contributed by atoms with van der Waals surface area (Å²) in [4.78, 5) is 13.7. The first-order valence-electron chi connectivity index (χ1n) is 6.13. The summed E-state index contributed by atoms with van der Waals surface area (Å²) in [6.07, 6.45) is 0. The molecule has 21 heavy (non-hydrogen) atoms. The molecule has 2 N–H and O–H groups in total. The molecule has 0 aliphatic carbocycles. The molecule has 6 heteroatoms. The van der Waals surface area contributed by atoms with Crippen molar-refractivity contribution in [2.24, 2.45) is 0 Å². The third kappa shape index (κ3) is 3.58. The number of carbonyl (C=O) groups excluding carboxylic acids is 1. The van der Waals surface area contributed by atoms with Gasteiger partial charge in [-0.15, -0.1) is 0 Å². The molecule has 0 aliphatic heterocycles. The molecule has 1 amide bonds. The second-order valence-corrected chi connectivity index (χ2v) is 5.50. The number of hydrogen-bond acceptors (Lipinski definition) is 2. The lowest BCUT2D eigenvalue weighted by Gasteiger charge is -2.18. The zero-order chi connectivity index (χ0) is 15.6. The van der Waals surface area contributed by atoms with Crippen LogP contribution in [0.1, 0.15) is 15.9 Å². The molecule has 0 atom stereocenters. The van der Waals surface area contributed by atoms with Gasteiger partial charge in [0, 0.05) is 29.3 Å². The van der Waals surface area contributed by atoms with Gasteiger partial charge in [-0.25, -0.2) is 8.78 Å². The summed E-state index contributed by atoms with van der Waals surface area (Å²) in [6.45, 7) is 0.173. The van der Waals surface area contributed by atoms with Gasteiger partial charge in [-0.2, -0.15) is 0 Å². The van der Waals surface area contributed by atoms with E-state index in [2.05, 4.69) is 15.9 Å². The Hall–Kier alpha value is -1.95. The molecule has 2 aromatic rings. The predicted octanol–water partition coefficient (Wildman–Crippen LogP) is 3.58. The number of amides is 1. The number of nitrogens with zero attached hydrogens (tertiary/aromatic N) is 1. The molecule has 0 saturated heterocycles. The number of benzene rings is 2. The van der Waals surface area contributed by atoms with Gasteiger partial charge in [-0.3, -0.25) is 4.79 Å². The van der Waals surface area contributed by atoms with Gasteiger partial charge in [0.1, 0.15) is 0 Å². The molecule has 0 heterocycles. The fourth-order valence-electron chi connectivity index (χ4n) is 1.88. The highest BCUT2D eigenvalue weighted by molar-refractivity contribution is 9.10. The molecule has 2 aromatic carbocycles. The van der Waals surface area contributed by atoms with Gasteiger partial charge >= 0.3 is 0 Å². The predicted molar refractivity (Wildman–Crippen MR) is 80.7 cm³/mol. The Morgan fingerprint density at radius 2 is 1.90 bits per heavy atom. The minimum Gasteiger partial charge on any atom is -0.398 e. The zero-order valence-electron chi connectivity index (χ0n) is 11.2. The van der Waals surface area contributed by atoms with E-state index in [9.17, 15) is 13.6 Å². The van der Waals surface area contributed by atoms with Gasteiger partial charge in [-0.1, -0.05) is 6.07 Å². The number of nitrogens with two attached hydrogens (primary N) is 1. The molecule has 2 rings (SSSR count). The van der Waals surface area contributed by atoms with Gasteiger partial charge in [0.2, 0.25) is 0 Å². The van der Waals surface area contributed by atoms with Gasteiger partial charge in [0.25, 0.3) is 5.91 Å². The normalized spacial score (nSPS) is 10.5. The molecule has 3 nitrogen and oxygen atoms in total. The Kier molecular flexibility index (Phi) is 4.57. The molecule has 0 unspecified atom stereocenters. The van der Waals surface area contributed by atoms with E-state index in [1.165, 1.54) is 11.0 Å². The van der Waals surface area contributed by atoms with E-state index >= 15 is 0 Å². The molecular formula is C15H13BrF2N2O. The van der Waals surface area contributed by atoms with Crippen LogP contribution in [0.25, 0.3) is 0 Å². The minimum atomic E-state index is -0.929. The van der Waals surface area contributed by atoms with Crippen molar-refractivity contribution in [3.8, 4) is 0 Å². The molecular weight excluding hydrogens is 342 g/mol. The lowest BCUT2D eigenvalue weighted by atomic mass is 10.1. The summed E-state index contributed by atoms with van der Waals surface area (Å²) in [7, 11) is 1.59. The maximum atomic E-state index is 13.2. The minimum absolute atomic E-state index is 0.173. The average Bonchev–Trinajstić information content (AvgIpc) is 2.45. The third-order valence-electron chi connectivity index (χ3n) is 2.99. The lowest BCUT2D eigenvalue weighted by molar-refractivity contribution is 0.0785. The Labute approximate surface area is 129 Å². The van der Waals surface area contributed by atoms with Crippen LogP contribution in [0, 0.1) is 11.6 Å². The highest BCUT2D eigenvalue weighted by atomic mass is 79.9. The quantitative estimate of drug-likeness (QED) is 0.856. The lowest BCUT2D eigenvalue weighted by Crippen LogP contribution is -2.26. The number of carbonyl (C=O) groups is 1. The molecule has 0 bridgehead atoms. The van der Waals surface area contributed by atoms with Crippen LogP contribution in [0.3, 0.4) is 0 Å². The zero-order valence-corrected chi connectivity index (χ0v) is 12.8. The van der Waals surface area contributed by atoms with Crippen molar-refractivity contribution in [1.29, 1.82) is 0 Å². The van der Waals surface area contributed by atoms with E-state index in [-0.39, 0.29) is 12.5 Å². The van der Waals surface area contributed by atoms with Crippen LogP contribution in [0.2, 0.25) is 0 Å². The van der Waals surface area contributed by atoms with Crippen LogP contribution in [0.5, 0.6) is 0 Å². The fourth-order valence-corrected chi connectivity index (χ4v) is 2.13. The topological polar surface area (TPSA) is 46.3 Å². The van der Waals surface area contributed by atoms with Crippen molar-refractivity contribution in [2.45, 2.75) is 6.54 Å². The van der Waals surface area contributed by atoms with E-state index in [0.717, 1.165) is 12.1 Å². The van der Waals surface area contributed by atoms with Crippen molar-refractivity contribution in [3.63, 3.8) is 0 Å². The van der Waals surface area contributed by atoms with E-state index in [1.807, 2.05) is 0 Å². The van der Waals surface area contributed by atoms with E-state index < -0.39 is 11.6 Å². The van der Waals surface area contributed by atoms with Crippen molar-refractivity contribution >= 4 is 27.5 Å². The monoisotopic (exact) mass is 354 g/mol. The highest BCUT2D eigenvalue weighted by Gasteiger charge is 2.14. The van der Waals surface area contributed by atoms with Crippen LogP contribution in [0.15, 0.2) is 40.9 Å². The van der Waals surface area contributed by atoms with Gasteiger partial charge in [0.15, 0.2) is 11.6 Å². The number of hydrogen-bond donors (Lipinski definition) is 1. The summed E-state index contributed by atoms with van der Waals surface area (Å²) in [6, 6.07) is 8.46. The van der Waals surface area contributed by atoms with Crippen LogP contribution in [0.4, 0.5) is 14.5 Å². The van der Waals surface area contributed by atoms with Crippen LogP contribution in [-0.4, -0.2) is 17.9 Å². The van der Waals surface area contributed by atoms with Gasteiger partial charge in [0.05, 0.1) is 0 Å². The van der Waals surface area contributed by atoms with Crippen molar-refractivity contribution in [3.05, 3.63) is 63.6 Å².